The van der Waals surface area contributed by atoms with E-state index < -0.39 is 0 Å². The number of fused-ring (bicyclic) bond motifs is 2. The van der Waals surface area contributed by atoms with Gasteiger partial charge in [0.15, 0.2) is 0 Å². The minimum absolute atomic E-state index is 0.118. The van der Waals surface area contributed by atoms with Gasteiger partial charge in [-0.1, -0.05) is 18.2 Å². The molecule has 6 aliphatic rings. The molecule has 0 unspecified atom stereocenters. The van der Waals surface area contributed by atoms with Crippen molar-refractivity contribution >= 4 is 17.7 Å². The summed E-state index contributed by atoms with van der Waals surface area (Å²) in [6.45, 7) is 0. The van der Waals surface area contributed by atoms with Crippen molar-refractivity contribution in [2.75, 3.05) is 5.75 Å². The Morgan fingerprint density at radius 2 is 1.74 bits per heavy atom. The first-order chi connectivity index (χ1) is 13.1. The quantitative estimate of drug-likeness (QED) is 0.775. The van der Waals surface area contributed by atoms with Crippen molar-refractivity contribution < 1.29 is 9.21 Å². The average molecular weight is 388 g/mol. The lowest BCUT2D eigenvalue weighted by Gasteiger charge is -2.55. The molecule has 146 valence electrons. The van der Waals surface area contributed by atoms with Gasteiger partial charge in [0, 0.05) is 11.5 Å². The lowest BCUT2D eigenvalue weighted by atomic mass is 9.49. The zero-order chi connectivity index (χ0) is 18.0. The van der Waals surface area contributed by atoms with Crippen LogP contribution < -0.4 is 5.32 Å². The van der Waals surface area contributed by atoms with E-state index in [1.807, 2.05) is 0 Å². The molecule has 1 heterocycles. The van der Waals surface area contributed by atoms with Gasteiger partial charge in [0.05, 0.1) is 5.75 Å². The highest BCUT2D eigenvalue weighted by Gasteiger charge is 2.54. The summed E-state index contributed by atoms with van der Waals surface area (Å²) in [7, 11) is 0. The van der Waals surface area contributed by atoms with Crippen LogP contribution in [0.4, 0.5) is 0 Å². The van der Waals surface area contributed by atoms with Crippen LogP contribution in [0.15, 0.2) is 9.64 Å². The van der Waals surface area contributed by atoms with Gasteiger partial charge >= 0.3 is 0 Å². The molecule has 1 amide bonds. The molecule has 3 atom stereocenters. The Morgan fingerprint density at radius 3 is 2.37 bits per heavy atom. The summed E-state index contributed by atoms with van der Waals surface area (Å²) in [5, 5.41) is 12.6. The third-order valence-corrected chi connectivity index (χ3v) is 9.13. The van der Waals surface area contributed by atoms with Crippen LogP contribution in [-0.2, 0) is 10.2 Å². The second-order valence-electron chi connectivity index (χ2n) is 10.2. The van der Waals surface area contributed by atoms with Crippen LogP contribution in [0.3, 0.4) is 0 Å². The van der Waals surface area contributed by atoms with Crippen molar-refractivity contribution in [1.82, 2.24) is 15.5 Å². The van der Waals surface area contributed by atoms with Crippen LogP contribution in [0.2, 0.25) is 0 Å². The molecule has 1 N–H and O–H groups in total. The summed E-state index contributed by atoms with van der Waals surface area (Å²) in [6.07, 6.45) is 13.1. The molecule has 1 aromatic heterocycles. The maximum Gasteiger partial charge on any atom is 0.277 e. The van der Waals surface area contributed by atoms with Crippen LogP contribution in [0, 0.1) is 29.6 Å². The number of nitrogens with one attached hydrogen (secondary N) is 1. The molecule has 0 radical (unpaired) electrons. The van der Waals surface area contributed by atoms with E-state index in [1.165, 1.54) is 76.0 Å². The van der Waals surface area contributed by atoms with Crippen LogP contribution in [0.25, 0.3) is 0 Å². The van der Waals surface area contributed by atoms with Crippen LogP contribution in [0.1, 0.15) is 70.1 Å². The fourth-order valence-corrected chi connectivity index (χ4v) is 8.23. The summed E-state index contributed by atoms with van der Waals surface area (Å²) in [5.41, 5.74) is 0.145. The van der Waals surface area contributed by atoms with Crippen molar-refractivity contribution in [2.24, 2.45) is 29.6 Å². The Labute approximate surface area is 164 Å². The second-order valence-corrected chi connectivity index (χ2v) is 11.1. The number of nitrogens with zero attached hydrogens (tertiary/aromatic N) is 2. The molecule has 6 fully saturated rings. The molecule has 6 saturated carbocycles. The zero-order valence-corrected chi connectivity index (χ0v) is 16.7. The van der Waals surface area contributed by atoms with E-state index in [-0.39, 0.29) is 11.3 Å². The van der Waals surface area contributed by atoms with E-state index >= 15 is 0 Å². The van der Waals surface area contributed by atoms with Gasteiger partial charge in [-0.3, -0.25) is 4.79 Å². The van der Waals surface area contributed by atoms with Crippen LogP contribution in [0.5, 0.6) is 0 Å². The Kier molecular flexibility index (Phi) is 3.89. The van der Waals surface area contributed by atoms with Crippen LogP contribution in [-0.4, -0.2) is 27.9 Å². The molecule has 0 spiro atoms. The molecule has 5 nitrogen and oxygen atoms in total. The Balaban J connectivity index is 1.07. The van der Waals surface area contributed by atoms with Gasteiger partial charge in [-0.05, 0) is 87.4 Å². The smallest absolute Gasteiger partial charge is 0.277 e. The third kappa shape index (κ3) is 2.93. The molecular formula is C21H29N3O2S. The van der Waals surface area contributed by atoms with Gasteiger partial charge in [0.25, 0.3) is 5.22 Å². The molecule has 7 rings (SSSR count). The van der Waals surface area contributed by atoms with Crippen molar-refractivity contribution in [3.05, 3.63) is 5.89 Å². The molecule has 6 heteroatoms. The van der Waals surface area contributed by atoms with Crippen LogP contribution >= 0.6 is 11.8 Å². The summed E-state index contributed by atoms with van der Waals surface area (Å²) >= 11 is 1.40. The topological polar surface area (TPSA) is 68.0 Å². The van der Waals surface area contributed by atoms with E-state index in [4.69, 9.17) is 4.42 Å². The maximum atomic E-state index is 12.4. The highest BCUT2D eigenvalue weighted by molar-refractivity contribution is 7.99. The van der Waals surface area contributed by atoms with E-state index in [1.54, 1.807) is 0 Å². The largest absolute Gasteiger partial charge is 0.415 e. The predicted octanol–water partition coefficient (Wildman–Crippen LogP) is 3.93. The van der Waals surface area contributed by atoms with Gasteiger partial charge in [0.1, 0.15) is 0 Å². The number of aromatic nitrogens is 2. The van der Waals surface area contributed by atoms with Crippen molar-refractivity contribution in [1.29, 1.82) is 0 Å². The number of thioether (sulfide) groups is 1. The molecular weight excluding hydrogens is 358 g/mol. The molecule has 1 aromatic rings. The fourth-order valence-electron chi connectivity index (χ4n) is 7.65. The minimum atomic E-state index is 0.118. The first-order valence-corrected chi connectivity index (χ1v) is 11.9. The highest BCUT2D eigenvalue weighted by Crippen LogP contribution is 2.60. The summed E-state index contributed by atoms with van der Waals surface area (Å²) in [6, 6.07) is 0.405. The van der Waals surface area contributed by atoms with Gasteiger partial charge in [0.2, 0.25) is 11.8 Å². The average Bonchev–Trinajstić information content (AvgIpc) is 3.36. The lowest BCUT2D eigenvalue weighted by Crippen LogP contribution is -2.48. The molecule has 0 aliphatic heterocycles. The van der Waals surface area contributed by atoms with E-state index in [0.717, 1.165) is 35.5 Å². The van der Waals surface area contributed by atoms with E-state index in [2.05, 4.69) is 15.5 Å². The summed E-state index contributed by atoms with van der Waals surface area (Å²) < 4.78 is 6.10. The van der Waals surface area contributed by atoms with Crippen molar-refractivity contribution in [3.8, 4) is 0 Å². The molecule has 0 aromatic carbocycles. The molecule has 27 heavy (non-hydrogen) atoms. The number of amides is 1. The van der Waals surface area contributed by atoms with Gasteiger partial charge in [-0.25, -0.2) is 0 Å². The number of rotatable bonds is 5. The summed E-state index contributed by atoms with van der Waals surface area (Å²) in [5.74, 6) is 5.54. The lowest BCUT2D eigenvalue weighted by molar-refractivity contribution is -0.119. The predicted molar refractivity (Wildman–Crippen MR) is 102 cm³/mol. The maximum absolute atomic E-state index is 12.4. The number of carbonyl (C=O) groups excluding carboxylic acids is 1. The number of carbonyl (C=O) groups is 1. The molecule has 6 aliphatic carbocycles. The number of hydrogen-bond acceptors (Lipinski definition) is 5. The van der Waals surface area contributed by atoms with Gasteiger partial charge in [-0.2, -0.15) is 0 Å². The fraction of sp³-hybridized carbons (Fsp3) is 0.857. The summed E-state index contributed by atoms with van der Waals surface area (Å²) in [4.78, 5) is 12.4. The highest BCUT2D eigenvalue weighted by atomic mass is 32.2. The number of hydrogen-bond donors (Lipinski definition) is 1. The van der Waals surface area contributed by atoms with E-state index in [9.17, 15) is 4.79 Å². The Bertz CT molecular complexity index is 712. The molecule has 0 saturated heterocycles. The van der Waals surface area contributed by atoms with Gasteiger partial charge in [-0.15, -0.1) is 10.2 Å². The van der Waals surface area contributed by atoms with Gasteiger partial charge < -0.3 is 9.73 Å². The normalized spacial score (nSPS) is 44.1. The first kappa shape index (κ1) is 16.9. The first-order valence-electron chi connectivity index (χ1n) is 10.9. The minimum Gasteiger partial charge on any atom is -0.415 e. The monoisotopic (exact) mass is 387 g/mol. The molecule has 6 bridgehead atoms. The Hall–Kier alpha value is -1.04. The third-order valence-electron chi connectivity index (χ3n) is 8.31. The van der Waals surface area contributed by atoms with Crippen molar-refractivity contribution in [3.63, 3.8) is 0 Å². The Morgan fingerprint density at radius 1 is 1.00 bits per heavy atom. The van der Waals surface area contributed by atoms with Crippen molar-refractivity contribution in [2.45, 2.75) is 80.9 Å². The second kappa shape index (κ2) is 6.23. The SMILES string of the molecule is O=C(CSc1nnc(C23CC4CC(CC(C4)C2)C3)o1)N[C@@H]1C[C@H]2CC[C@H]1C2. The standard InChI is InChI=1S/C21H29N3O2S/c25-18(22-17-7-12-1-2-16(17)6-12)11-27-20-24-23-19(26-20)21-8-13-3-14(9-21)5-15(4-13)10-21/h12-17H,1-11H2,(H,22,25)/t12-,13?,14?,15?,16-,17+,21?/m0/s1. The zero-order valence-electron chi connectivity index (χ0n) is 15.9. The van der Waals surface area contributed by atoms with E-state index in [0.29, 0.717) is 17.0 Å².